The van der Waals surface area contributed by atoms with E-state index in [1.165, 1.54) is 24.3 Å². The molecular weight excluding hydrogens is 440 g/mol. The van der Waals surface area contributed by atoms with Crippen LogP contribution in [0, 0.1) is 11.6 Å². The normalized spacial score (nSPS) is 17.6. The summed E-state index contributed by atoms with van der Waals surface area (Å²) in [5.74, 6) is -0.869. The Bertz CT molecular complexity index is 1350. The molecule has 2 unspecified atom stereocenters. The minimum Gasteiger partial charge on any atom is -0.462 e. The van der Waals surface area contributed by atoms with E-state index in [0.717, 1.165) is 16.8 Å². The Hall–Kier alpha value is -3.71. The number of carbonyl (C=O) groups excluding carboxylic acids is 1. The van der Waals surface area contributed by atoms with Crippen LogP contribution in [0.25, 0.3) is 22.3 Å². The van der Waals surface area contributed by atoms with Crippen LogP contribution in [-0.4, -0.2) is 19.1 Å². The lowest BCUT2D eigenvalue weighted by atomic mass is 10.0. The van der Waals surface area contributed by atoms with Crippen LogP contribution >= 0.6 is 0 Å². The third-order valence-electron chi connectivity index (χ3n) is 5.97. The lowest BCUT2D eigenvalue weighted by Gasteiger charge is -2.19. The monoisotopic (exact) mass is 463 g/mol. The van der Waals surface area contributed by atoms with Gasteiger partial charge in [0.25, 0.3) is 0 Å². The molecule has 7 heteroatoms. The molecular formula is C27H23F2NO4. The van der Waals surface area contributed by atoms with Crippen molar-refractivity contribution in [1.29, 1.82) is 0 Å². The van der Waals surface area contributed by atoms with Gasteiger partial charge in [-0.25, -0.2) is 13.6 Å². The third-order valence-corrected chi connectivity index (χ3v) is 5.97. The maximum atomic E-state index is 13.5. The Morgan fingerprint density at radius 1 is 1.06 bits per heavy atom. The molecule has 0 aliphatic carbocycles. The van der Waals surface area contributed by atoms with Gasteiger partial charge in [-0.05, 0) is 61.9 Å². The summed E-state index contributed by atoms with van der Waals surface area (Å²) in [6.45, 7) is 4.35. The smallest absolute Gasteiger partial charge is 0.342 e. The zero-order chi connectivity index (χ0) is 23.8. The second-order valence-electron chi connectivity index (χ2n) is 8.17. The Kier molecular flexibility index (Phi) is 5.79. The summed E-state index contributed by atoms with van der Waals surface area (Å²) in [6, 6.07) is 15.7. The van der Waals surface area contributed by atoms with Crippen molar-refractivity contribution in [3.8, 4) is 11.3 Å². The van der Waals surface area contributed by atoms with E-state index in [1.54, 1.807) is 31.2 Å². The SMILES string of the molecule is CCOC(=O)c1c(-c2ccc(F)cc2)oc2cc3c(cc12)C(C)OC(c1ccc(F)cc1)CN3. The second kappa shape index (κ2) is 8.91. The summed E-state index contributed by atoms with van der Waals surface area (Å²) >= 11 is 0. The molecule has 5 rings (SSSR count). The first kappa shape index (κ1) is 22.1. The minimum atomic E-state index is -0.514. The minimum absolute atomic E-state index is 0.208. The highest BCUT2D eigenvalue weighted by Gasteiger charge is 2.28. The van der Waals surface area contributed by atoms with Gasteiger partial charge >= 0.3 is 5.97 Å². The number of hydrogen-bond acceptors (Lipinski definition) is 5. The number of halogens is 2. The van der Waals surface area contributed by atoms with Gasteiger partial charge in [0.15, 0.2) is 0 Å². The Morgan fingerprint density at radius 3 is 2.41 bits per heavy atom. The quantitative estimate of drug-likeness (QED) is 0.337. The van der Waals surface area contributed by atoms with Gasteiger partial charge in [0.1, 0.15) is 34.6 Å². The lowest BCUT2D eigenvalue weighted by Crippen LogP contribution is -2.13. The average Bonchev–Trinajstić information content (AvgIpc) is 3.12. The first-order valence-corrected chi connectivity index (χ1v) is 11.1. The molecule has 0 spiro atoms. The fraction of sp³-hybridized carbons (Fsp3) is 0.222. The van der Waals surface area contributed by atoms with Crippen LogP contribution < -0.4 is 5.32 Å². The largest absolute Gasteiger partial charge is 0.462 e. The number of fused-ring (bicyclic) bond motifs is 2. The molecule has 0 saturated carbocycles. The summed E-state index contributed by atoms with van der Waals surface area (Å²) in [4.78, 5) is 12.9. The van der Waals surface area contributed by atoms with Crippen LogP contribution in [0.15, 0.2) is 65.1 Å². The number of furan rings is 1. The number of hydrogen-bond donors (Lipinski definition) is 1. The highest BCUT2D eigenvalue weighted by molar-refractivity contribution is 6.09. The third kappa shape index (κ3) is 4.03. The second-order valence-corrected chi connectivity index (χ2v) is 8.17. The zero-order valence-corrected chi connectivity index (χ0v) is 18.7. The van der Waals surface area contributed by atoms with Gasteiger partial charge in [-0.1, -0.05) is 12.1 Å². The molecule has 4 aromatic rings. The highest BCUT2D eigenvalue weighted by atomic mass is 19.1. The number of carbonyl (C=O) groups is 1. The highest BCUT2D eigenvalue weighted by Crippen LogP contribution is 2.41. The van der Waals surface area contributed by atoms with Gasteiger partial charge in [-0.15, -0.1) is 0 Å². The molecule has 1 aliphatic rings. The van der Waals surface area contributed by atoms with Gasteiger partial charge in [-0.3, -0.25) is 0 Å². The van der Waals surface area contributed by atoms with Crippen molar-refractivity contribution < 1.29 is 27.5 Å². The van der Waals surface area contributed by atoms with Crippen molar-refractivity contribution in [2.24, 2.45) is 0 Å². The number of nitrogens with one attached hydrogen (secondary N) is 1. The molecule has 0 bridgehead atoms. The van der Waals surface area contributed by atoms with E-state index >= 15 is 0 Å². The van der Waals surface area contributed by atoms with Crippen molar-refractivity contribution in [2.75, 3.05) is 18.5 Å². The van der Waals surface area contributed by atoms with Gasteiger partial charge in [-0.2, -0.15) is 0 Å². The van der Waals surface area contributed by atoms with E-state index in [9.17, 15) is 13.6 Å². The number of ether oxygens (including phenoxy) is 2. The van der Waals surface area contributed by atoms with Gasteiger partial charge in [0, 0.05) is 34.8 Å². The first-order valence-electron chi connectivity index (χ1n) is 11.1. The number of rotatable bonds is 4. The topological polar surface area (TPSA) is 60.7 Å². The zero-order valence-electron chi connectivity index (χ0n) is 18.7. The molecule has 174 valence electrons. The van der Waals surface area contributed by atoms with E-state index in [1.807, 2.05) is 19.1 Å². The first-order chi connectivity index (χ1) is 16.4. The van der Waals surface area contributed by atoms with E-state index in [4.69, 9.17) is 13.9 Å². The Balaban J connectivity index is 1.59. The van der Waals surface area contributed by atoms with Gasteiger partial charge in [0.2, 0.25) is 0 Å². The van der Waals surface area contributed by atoms with Gasteiger partial charge < -0.3 is 19.2 Å². The fourth-order valence-corrected chi connectivity index (χ4v) is 4.30. The number of esters is 1. The summed E-state index contributed by atoms with van der Waals surface area (Å²) in [6.07, 6.45) is -0.600. The molecule has 1 N–H and O–H groups in total. The molecule has 2 atom stereocenters. The maximum absolute atomic E-state index is 13.5. The van der Waals surface area contributed by atoms with E-state index in [2.05, 4.69) is 5.32 Å². The molecule has 0 saturated heterocycles. The fourth-order valence-electron chi connectivity index (χ4n) is 4.30. The Labute approximate surface area is 195 Å². The summed E-state index contributed by atoms with van der Waals surface area (Å²) in [7, 11) is 0. The van der Waals surface area contributed by atoms with E-state index in [-0.39, 0.29) is 36.0 Å². The standard InChI is InChI=1S/C27H23F2NO4/c1-3-32-27(31)25-21-12-20-15(2)33-24(16-4-8-18(28)9-5-16)14-30-22(20)13-23(21)34-26(25)17-6-10-19(29)11-7-17/h4-13,15,24,30H,3,14H2,1-2H3. The Morgan fingerprint density at radius 2 is 1.74 bits per heavy atom. The van der Waals surface area contributed by atoms with Crippen molar-refractivity contribution in [3.05, 3.63) is 89.0 Å². The van der Waals surface area contributed by atoms with E-state index < -0.39 is 5.97 Å². The summed E-state index contributed by atoms with van der Waals surface area (Å²) in [5, 5.41) is 3.99. The molecule has 0 amide bonds. The van der Waals surface area contributed by atoms with Crippen LogP contribution in [0.4, 0.5) is 14.5 Å². The van der Waals surface area contributed by atoms with Crippen molar-refractivity contribution >= 4 is 22.6 Å². The number of benzene rings is 3. The lowest BCUT2D eigenvalue weighted by molar-refractivity contribution is 0.00642. The van der Waals surface area contributed by atoms with Crippen molar-refractivity contribution in [3.63, 3.8) is 0 Å². The molecule has 5 nitrogen and oxygen atoms in total. The predicted molar refractivity (Wildman–Crippen MR) is 125 cm³/mol. The van der Waals surface area contributed by atoms with Crippen LogP contribution in [0.1, 0.15) is 47.5 Å². The van der Waals surface area contributed by atoms with Crippen LogP contribution in [0.2, 0.25) is 0 Å². The molecule has 0 fully saturated rings. The summed E-state index contributed by atoms with van der Waals surface area (Å²) < 4.78 is 44.6. The molecule has 0 radical (unpaired) electrons. The predicted octanol–water partition coefficient (Wildman–Crippen LogP) is 6.80. The van der Waals surface area contributed by atoms with Crippen LogP contribution in [-0.2, 0) is 9.47 Å². The van der Waals surface area contributed by atoms with Crippen molar-refractivity contribution in [1.82, 2.24) is 0 Å². The van der Waals surface area contributed by atoms with Crippen LogP contribution in [0.3, 0.4) is 0 Å². The average molecular weight is 463 g/mol. The summed E-state index contributed by atoms with van der Waals surface area (Å²) in [5.41, 5.74) is 3.90. The van der Waals surface area contributed by atoms with E-state index in [0.29, 0.717) is 28.8 Å². The van der Waals surface area contributed by atoms with Gasteiger partial charge in [0.05, 0.1) is 12.7 Å². The molecule has 1 aromatic heterocycles. The molecule has 3 aromatic carbocycles. The van der Waals surface area contributed by atoms with Crippen molar-refractivity contribution in [2.45, 2.75) is 26.1 Å². The molecule has 2 heterocycles. The molecule has 1 aliphatic heterocycles. The molecule has 34 heavy (non-hydrogen) atoms. The maximum Gasteiger partial charge on any atom is 0.342 e. The number of anilines is 1. The van der Waals surface area contributed by atoms with Crippen LogP contribution in [0.5, 0.6) is 0 Å².